The van der Waals surface area contributed by atoms with Crippen molar-refractivity contribution in [3.05, 3.63) is 53.9 Å². The summed E-state index contributed by atoms with van der Waals surface area (Å²) in [7, 11) is 5.87. The number of esters is 1. The number of hydrogen-bond acceptors (Lipinski definition) is 3. The summed E-state index contributed by atoms with van der Waals surface area (Å²) in [6.07, 6.45) is 0. The highest BCUT2D eigenvalue weighted by Crippen LogP contribution is 2.14. The van der Waals surface area contributed by atoms with Crippen LogP contribution in [0.1, 0.15) is 16.2 Å². The topological polar surface area (TPSA) is 34.5 Å². The Hall–Kier alpha value is -2.07. The predicted molar refractivity (Wildman–Crippen MR) is 74.2 cm³/mol. The Kier molecular flexibility index (Phi) is 4.02. The summed E-state index contributed by atoms with van der Waals surface area (Å²) in [4.78, 5) is 14.1. The molecular formula is C15H18N2O2. The standard InChI is InChI=1S/C15H18N2O2/c1-16(2)11-12-9-10-14(17(12)3)15(18)19-13-7-5-4-6-8-13/h4-10H,11H2,1-3H3. The van der Waals surface area contributed by atoms with Crippen LogP contribution in [0.25, 0.3) is 0 Å². The lowest BCUT2D eigenvalue weighted by atomic mass is 10.3. The van der Waals surface area contributed by atoms with E-state index in [1.807, 2.05) is 50.0 Å². The van der Waals surface area contributed by atoms with Crippen LogP contribution in [-0.4, -0.2) is 29.5 Å². The SMILES string of the molecule is CN(C)Cc1ccc(C(=O)Oc2ccccc2)n1C. The molecule has 0 atom stereocenters. The van der Waals surface area contributed by atoms with Gasteiger partial charge in [-0.05, 0) is 38.4 Å². The van der Waals surface area contributed by atoms with Gasteiger partial charge in [0.15, 0.2) is 0 Å². The van der Waals surface area contributed by atoms with Crippen LogP contribution in [0.2, 0.25) is 0 Å². The fraction of sp³-hybridized carbons (Fsp3) is 0.267. The van der Waals surface area contributed by atoms with Crippen LogP contribution in [-0.2, 0) is 13.6 Å². The van der Waals surface area contributed by atoms with E-state index < -0.39 is 0 Å². The Bertz CT molecular complexity index is 559. The molecule has 0 aliphatic heterocycles. The lowest BCUT2D eigenvalue weighted by Crippen LogP contribution is -2.17. The fourth-order valence-corrected chi connectivity index (χ4v) is 1.89. The van der Waals surface area contributed by atoms with Crippen molar-refractivity contribution in [3.8, 4) is 5.75 Å². The molecule has 0 unspecified atom stereocenters. The lowest BCUT2D eigenvalue weighted by Gasteiger charge is -2.11. The molecule has 4 nitrogen and oxygen atoms in total. The van der Waals surface area contributed by atoms with Gasteiger partial charge < -0.3 is 14.2 Å². The Balaban J connectivity index is 2.14. The van der Waals surface area contributed by atoms with E-state index in [4.69, 9.17) is 4.74 Å². The predicted octanol–water partition coefficient (Wildman–Crippen LogP) is 2.31. The largest absolute Gasteiger partial charge is 0.422 e. The number of rotatable bonds is 4. The van der Waals surface area contributed by atoms with Gasteiger partial charge in [0.2, 0.25) is 0 Å². The number of ether oxygens (including phenoxy) is 1. The smallest absolute Gasteiger partial charge is 0.360 e. The van der Waals surface area contributed by atoms with E-state index in [2.05, 4.69) is 4.90 Å². The van der Waals surface area contributed by atoms with E-state index in [1.165, 1.54) is 0 Å². The van der Waals surface area contributed by atoms with Crippen molar-refractivity contribution < 1.29 is 9.53 Å². The molecule has 2 aromatic rings. The van der Waals surface area contributed by atoms with Gasteiger partial charge in [-0.25, -0.2) is 4.79 Å². The number of aromatic nitrogens is 1. The Morgan fingerprint density at radius 3 is 2.47 bits per heavy atom. The van der Waals surface area contributed by atoms with Crippen molar-refractivity contribution in [2.24, 2.45) is 7.05 Å². The van der Waals surface area contributed by atoms with Crippen molar-refractivity contribution in [1.82, 2.24) is 9.47 Å². The third kappa shape index (κ3) is 3.23. The highest BCUT2D eigenvalue weighted by Gasteiger charge is 2.14. The zero-order chi connectivity index (χ0) is 13.8. The highest BCUT2D eigenvalue weighted by molar-refractivity contribution is 5.89. The maximum Gasteiger partial charge on any atom is 0.360 e. The maximum absolute atomic E-state index is 12.1. The molecule has 0 amide bonds. The van der Waals surface area contributed by atoms with Gasteiger partial charge in [-0.3, -0.25) is 0 Å². The first-order chi connectivity index (χ1) is 9.08. The van der Waals surface area contributed by atoms with Gasteiger partial charge in [-0.1, -0.05) is 18.2 Å². The van der Waals surface area contributed by atoms with Crippen LogP contribution in [0, 0.1) is 0 Å². The molecule has 0 saturated carbocycles. The molecule has 0 aliphatic rings. The lowest BCUT2D eigenvalue weighted by molar-refractivity contribution is 0.0724. The number of nitrogens with zero attached hydrogens (tertiary/aromatic N) is 2. The van der Waals surface area contributed by atoms with E-state index in [0.29, 0.717) is 11.4 Å². The summed E-state index contributed by atoms with van der Waals surface area (Å²) in [5.74, 6) is 0.224. The van der Waals surface area contributed by atoms with Gasteiger partial charge in [0.25, 0.3) is 0 Å². The molecule has 0 spiro atoms. The monoisotopic (exact) mass is 258 g/mol. The number of carbonyl (C=O) groups is 1. The number of benzene rings is 1. The second-order valence-corrected chi connectivity index (χ2v) is 4.71. The molecule has 0 fully saturated rings. The zero-order valence-electron chi connectivity index (χ0n) is 11.5. The first-order valence-electron chi connectivity index (χ1n) is 6.14. The van der Waals surface area contributed by atoms with Gasteiger partial charge in [-0.2, -0.15) is 0 Å². The highest BCUT2D eigenvalue weighted by atomic mass is 16.5. The molecular weight excluding hydrogens is 240 g/mol. The van der Waals surface area contributed by atoms with Crippen LogP contribution in [0.4, 0.5) is 0 Å². The summed E-state index contributed by atoms with van der Waals surface area (Å²) < 4.78 is 7.19. The van der Waals surface area contributed by atoms with Gasteiger partial charge >= 0.3 is 5.97 Å². The van der Waals surface area contributed by atoms with E-state index in [9.17, 15) is 4.79 Å². The number of carbonyl (C=O) groups excluding carboxylic acids is 1. The van der Waals surface area contributed by atoms with Crippen LogP contribution in [0.5, 0.6) is 5.75 Å². The normalized spacial score (nSPS) is 10.7. The molecule has 0 bridgehead atoms. The average Bonchev–Trinajstić information content (AvgIpc) is 2.72. The van der Waals surface area contributed by atoms with Crippen LogP contribution >= 0.6 is 0 Å². The number of para-hydroxylation sites is 1. The van der Waals surface area contributed by atoms with Crippen LogP contribution < -0.4 is 4.74 Å². The molecule has 0 N–H and O–H groups in total. The Morgan fingerprint density at radius 2 is 1.84 bits per heavy atom. The quantitative estimate of drug-likeness (QED) is 0.623. The summed E-state index contributed by atoms with van der Waals surface area (Å²) >= 11 is 0. The molecule has 4 heteroatoms. The molecule has 1 heterocycles. The summed E-state index contributed by atoms with van der Waals surface area (Å²) in [5.41, 5.74) is 1.63. The summed E-state index contributed by atoms with van der Waals surface area (Å²) in [6.45, 7) is 0.787. The first-order valence-corrected chi connectivity index (χ1v) is 6.14. The summed E-state index contributed by atoms with van der Waals surface area (Å²) in [5, 5.41) is 0. The van der Waals surface area contributed by atoms with Gasteiger partial charge in [0, 0.05) is 19.3 Å². The maximum atomic E-state index is 12.1. The minimum absolute atomic E-state index is 0.335. The van der Waals surface area contributed by atoms with Crippen molar-refractivity contribution in [2.75, 3.05) is 14.1 Å². The van der Waals surface area contributed by atoms with Crippen molar-refractivity contribution in [2.45, 2.75) is 6.54 Å². The van der Waals surface area contributed by atoms with Gasteiger partial charge in [-0.15, -0.1) is 0 Å². The van der Waals surface area contributed by atoms with E-state index >= 15 is 0 Å². The zero-order valence-corrected chi connectivity index (χ0v) is 11.5. The molecule has 0 aliphatic carbocycles. The molecule has 1 aromatic heterocycles. The molecule has 2 rings (SSSR count). The van der Waals surface area contributed by atoms with Gasteiger partial charge in [0.1, 0.15) is 11.4 Å². The molecule has 1 aromatic carbocycles. The van der Waals surface area contributed by atoms with Gasteiger partial charge in [0.05, 0.1) is 0 Å². The van der Waals surface area contributed by atoms with Crippen molar-refractivity contribution >= 4 is 5.97 Å². The first kappa shape index (κ1) is 13.4. The second kappa shape index (κ2) is 5.71. The minimum Gasteiger partial charge on any atom is -0.422 e. The van der Waals surface area contributed by atoms with Crippen LogP contribution in [0.15, 0.2) is 42.5 Å². The average molecular weight is 258 g/mol. The molecule has 0 saturated heterocycles. The van der Waals surface area contributed by atoms with Crippen molar-refractivity contribution in [1.29, 1.82) is 0 Å². The third-order valence-corrected chi connectivity index (χ3v) is 2.87. The fourth-order valence-electron chi connectivity index (χ4n) is 1.89. The molecule has 100 valence electrons. The van der Waals surface area contributed by atoms with Crippen molar-refractivity contribution in [3.63, 3.8) is 0 Å². The third-order valence-electron chi connectivity index (χ3n) is 2.87. The van der Waals surface area contributed by atoms with E-state index in [0.717, 1.165) is 12.2 Å². The van der Waals surface area contributed by atoms with Crippen LogP contribution in [0.3, 0.4) is 0 Å². The van der Waals surface area contributed by atoms with E-state index in [1.54, 1.807) is 18.2 Å². The Labute approximate surface area is 113 Å². The number of hydrogen-bond donors (Lipinski definition) is 0. The minimum atomic E-state index is -0.335. The molecule has 19 heavy (non-hydrogen) atoms. The van der Waals surface area contributed by atoms with E-state index in [-0.39, 0.29) is 5.97 Å². The molecule has 0 radical (unpaired) electrons. The second-order valence-electron chi connectivity index (χ2n) is 4.71. The summed E-state index contributed by atoms with van der Waals surface area (Å²) in [6, 6.07) is 12.8. The Morgan fingerprint density at radius 1 is 1.16 bits per heavy atom.